The second-order valence-electron chi connectivity index (χ2n) is 21.0. The average Bonchev–Trinajstić information content (AvgIpc) is 4.11. The molecule has 5 atom stereocenters. The van der Waals surface area contributed by atoms with Crippen molar-refractivity contribution in [2.75, 3.05) is 6.54 Å². The molecule has 1 saturated heterocycles. The van der Waals surface area contributed by atoms with E-state index in [2.05, 4.69) is 75.2 Å². The SMILES string of the molecule is C=C(N[C@@H](C)c1ccc(-c2scnc2C)cc1)[C@@H]1C[C@@H](O)CN1C(=O)[C@@H](NC(=O)CCc1cc(F)cc(O[C@H]2C[C@@H](NC(=O)C[C@@H]3N=C(c4ccc(Cl)cc4)c4c(sc(C)c4C)-n4c3cnc4C)C2)c1)C(C)(C)C. The molecule has 4 N–H and O–H groups in total. The summed E-state index contributed by atoms with van der Waals surface area (Å²) in [4.78, 5) is 60.0. The Morgan fingerprint density at radius 2 is 1.68 bits per heavy atom. The molecule has 1 aliphatic carbocycles. The first-order valence-electron chi connectivity index (χ1n) is 25.2. The Kier molecular flexibility index (Phi) is 15.3. The van der Waals surface area contributed by atoms with Gasteiger partial charge in [-0.3, -0.25) is 23.9 Å². The molecule has 5 heterocycles. The number of carbonyl (C=O) groups is 3. The van der Waals surface area contributed by atoms with Crippen LogP contribution < -0.4 is 20.7 Å². The van der Waals surface area contributed by atoms with Gasteiger partial charge in [0.05, 0.1) is 52.3 Å². The van der Waals surface area contributed by atoms with Crippen molar-refractivity contribution in [3.8, 4) is 21.2 Å². The number of rotatable bonds is 16. The number of β-amino-alcohol motifs (C(OH)–C–C–N with tert-alkyl or cyclic N) is 1. The first-order chi connectivity index (χ1) is 35.2. The van der Waals surface area contributed by atoms with Gasteiger partial charge in [-0.2, -0.15) is 0 Å². The zero-order chi connectivity index (χ0) is 52.7. The monoisotopic (exact) mass is 1060 g/mol. The smallest absolute Gasteiger partial charge is 0.246 e. The molecule has 0 spiro atoms. The van der Waals surface area contributed by atoms with Gasteiger partial charge in [0.15, 0.2) is 0 Å². The number of aryl methyl sites for hydroxylation is 4. The second-order valence-corrected chi connectivity index (χ2v) is 23.5. The summed E-state index contributed by atoms with van der Waals surface area (Å²) >= 11 is 9.58. The van der Waals surface area contributed by atoms with E-state index in [1.54, 1.807) is 33.6 Å². The van der Waals surface area contributed by atoms with E-state index in [-0.39, 0.29) is 61.7 Å². The Morgan fingerprint density at radius 3 is 2.36 bits per heavy atom. The average molecular weight is 1060 g/mol. The summed E-state index contributed by atoms with van der Waals surface area (Å²) < 4.78 is 23.4. The van der Waals surface area contributed by atoms with Gasteiger partial charge in [0, 0.05) is 77.1 Å². The Balaban J connectivity index is 0.779. The summed E-state index contributed by atoms with van der Waals surface area (Å²) in [6.07, 6.45) is 2.52. The maximum absolute atomic E-state index is 15.1. The van der Waals surface area contributed by atoms with E-state index in [0.29, 0.717) is 41.3 Å². The van der Waals surface area contributed by atoms with Crippen molar-refractivity contribution in [2.24, 2.45) is 10.4 Å². The number of thiazole rings is 1. The summed E-state index contributed by atoms with van der Waals surface area (Å²) in [5, 5.41) is 22.1. The van der Waals surface area contributed by atoms with Crippen LogP contribution in [0.15, 0.2) is 95.7 Å². The van der Waals surface area contributed by atoms with Gasteiger partial charge in [-0.05, 0) is 93.0 Å². The van der Waals surface area contributed by atoms with Crippen molar-refractivity contribution in [3.05, 3.63) is 151 Å². The highest BCUT2D eigenvalue weighted by Crippen LogP contribution is 2.41. The number of imidazole rings is 1. The summed E-state index contributed by atoms with van der Waals surface area (Å²) in [7, 11) is 0. The van der Waals surface area contributed by atoms with Gasteiger partial charge in [0.2, 0.25) is 17.7 Å². The number of aliphatic hydroxyl groups is 1. The molecule has 0 unspecified atom stereocenters. The normalized spacial score (nSPS) is 20.1. The van der Waals surface area contributed by atoms with Crippen LogP contribution in [0.1, 0.15) is 122 Å². The first kappa shape index (κ1) is 52.7. The van der Waals surface area contributed by atoms with Crippen LogP contribution in [0, 0.1) is 38.9 Å². The minimum Gasteiger partial charge on any atom is -0.490 e. The molecule has 9 rings (SSSR count). The number of carbonyl (C=O) groups excluding carboxylic acids is 3. The largest absolute Gasteiger partial charge is 0.490 e. The predicted octanol–water partition coefficient (Wildman–Crippen LogP) is 10.4. The number of benzene rings is 3. The van der Waals surface area contributed by atoms with Crippen molar-refractivity contribution >= 4 is 57.7 Å². The van der Waals surface area contributed by atoms with E-state index in [9.17, 15) is 19.5 Å². The topological polar surface area (TPSA) is 163 Å². The number of hydrogen-bond donors (Lipinski definition) is 4. The lowest BCUT2D eigenvalue weighted by Crippen LogP contribution is -2.56. The highest BCUT2D eigenvalue weighted by molar-refractivity contribution is 7.15. The fourth-order valence-electron chi connectivity index (χ4n) is 10.2. The molecular weight excluding hydrogens is 995 g/mol. The lowest BCUT2D eigenvalue weighted by Gasteiger charge is -2.36. The molecule has 3 amide bonds. The molecule has 3 aromatic heterocycles. The fourth-order valence-corrected chi connectivity index (χ4v) is 12.4. The van der Waals surface area contributed by atoms with Gasteiger partial charge < -0.3 is 30.7 Å². The number of ether oxygens (including phenoxy) is 1. The van der Waals surface area contributed by atoms with Crippen LogP contribution in [0.25, 0.3) is 15.4 Å². The Hall–Kier alpha value is -6.20. The summed E-state index contributed by atoms with van der Waals surface area (Å²) in [5.41, 5.74) is 10.2. The van der Waals surface area contributed by atoms with Crippen LogP contribution in [0.2, 0.25) is 5.02 Å². The van der Waals surface area contributed by atoms with Crippen LogP contribution in [0.3, 0.4) is 0 Å². The van der Waals surface area contributed by atoms with Gasteiger partial charge in [0.1, 0.15) is 40.6 Å². The third-order valence-electron chi connectivity index (χ3n) is 14.4. The molecule has 6 aromatic rings. The van der Waals surface area contributed by atoms with Crippen LogP contribution in [0.4, 0.5) is 4.39 Å². The number of hydrogen-bond acceptors (Lipinski definition) is 11. The molecule has 2 fully saturated rings. The number of fused-ring (bicyclic) bond motifs is 3. The first-order valence-corrected chi connectivity index (χ1v) is 27.3. The van der Waals surface area contributed by atoms with Gasteiger partial charge >= 0.3 is 0 Å². The van der Waals surface area contributed by atoms with Gasteiger partial charge in [0.25, 0.3) is 0 Å². The fraction of sp³-hybridized carbons (Fsp3) is 0.404. The Bertz CT molecular complexity index is 3120. The standard InChI is InChI=1S/C57H64ClFN8O5S2/c1-30-34(5)74-56-51(30)52(38-15-17-40(58)18-16-38)64-46(48-27-60-35(6)67(48)56)26-50(70)63-42-23-45(24-42)72-44-21-36(20-41(59)22-44)10-19-49(69)65-54(57(7,8)9)55(71)66-28-43(68)25-47(66)32(3)62-31(2)37-11-13-39(14-12-37)53-33(4)61-29-73-53/h11-18,20-22,27,29,31,42-43,45-47,54,62,68H,3,10,19,23-26,28H2,1-2,4-9H3,(H,63,70)(H,65,69)/t31-,42-,43+,45+,46-,47-,54+/m0/s1. The molecule has 1 saturated carbocycles. The van der Waals surface area contributed by atoms with E-state index < -0.39 is 35.5 Å². The predicted molar refractivity (Wildman–Crippen MR) is 291 cm³/mol. The number of aromatic nitrogens is 3. The van der Waals surface area contributed by atoms with Crippen molar-refractivity contribution in [1.82, 2.24) is 35.4 Å². The lowest BCUT2D eigenvalue weighted by atomic mass is 9.85. The summed E-state index contributed by atoms with van der Waals surface area (Å²) in [6, 6.07) is 18.2. The third-order valence-corrected chi connectivity index (χ3v) is 16.9. The van der Waals surface area contributed by atoms with E-state index in [1.807, 2.05) is 77.5 Å². The molecule has 388 valence electrons. The molecule has 0 bridgehead atoms. The van der Waals surface area contributed by atoms with Crippen LogP contribution in [0.5, 0.6) is 5.75 Å². The second kappa shape index (κ2) is 21.6. The Labute approximate surface area is 445 Å². The number of aliphatic hydroxyl groups excluding tert-OH is 1. The van der Waals surface area contributed by atoms with Gasteiger partial charge in [-0.1, -0.05) is 75.3 Å². The molecule has 3 aliphatic rings. The number of halogens is 2. The maximum atomic E-state index is 15.1. The van der Waals surface area contributed by atoms with E-state index in [1.165, 1.54) is 17.0 Å². The summed E-state index contributed by atoms with van der Waals surface area (Å²) in [6.45, 7) is 20.3. The van der Waals surface area contributed by atoms with E-state index in [4.69, 9.17) is 21.3 Å². The molecule has 13 nitrogen and oxygen atoms in total. The minimum atomic E-state index is -0.906. The molecular formula is C57H64ClFN8O5S2. The quantitative estimate of drug-likeness (QED) is 0.0745. The number of amides is 3. The Morgan fingerprint density at radius 1 is 0.959 bits per heavy atom. The number of nitrogens with one attached hydrogen (secondary N) is 3. The number of thiophene rings is 1. The minimum absolute atomic E-state index is 0.000460. The lowest BCUT2D eigenvalue weighted by molar-refractivity contribution is -0.140. The van der Waals surface area contributed by atoms with Crippen molar-refractivity contribution in [2.45, 2.75) is 136 Å². The molecule has 3 aromatic carbocycles. The van der Waals surface area contributed by atoms with Crippen molar-refractivity contribution in [1.29, 1.82) is 0 Å². The number of aliphatic imine (C=N–C) groups is 1. The zero-order valence-corrected chi connectivity index (χ0v) is 45.5. The maximum Gasteiger partial charge on any atom is 0.246 e. The van der Waals surface area contributed by atoms with E-state index >= 15 is 4.39 Å². The number of likely N-dealkylation sites (tertiary alicyclic amines) is 1. The molecule has 74 heavy (non-hydrogen) atoms. The zero-order valence-electron chi connectivity index (χ0n) is 43.1. The van der Waals surface area contributed by atoms with Gasteiger partial charge in [-0.25, -0.2) is 14.4 Å². The van der Waals surface area contributed by atoms with E-state index in [0.717, 1.165) is 60.6 Å². The molecule has 0 radical (unpaired) electrons. The van der Waals surface area contributed by atoms with Gasteiger partial charge in [-0.15, -0.1) is 22.7 Å². The van der Waals surface area contributed by atoms with Crippen molar-refractivity contribution in [3.63, 3.8) is 0 Å². The van der Waals surface area contributed by atoms with Crippen molar-refractivity contribution < 1.29 is 28.6 Å². The molecule has 2 aliphatic heterocycles. The number of nitrogens with zero attached hydrogens (tertiary/aromatic N) is 5. The third kappa shape index (κ3) is 11.4. The summed E-state index contributed by atoms with van der Waals surface area (Å²) in [5.74, 6) is -0.152. The highest BCUT2D eigenvalue weighted by atomic mass is 35.5. The van der Waals surface area contributed by atoms with Crippen LogP contribution >= 0.6 is 34.3 Å². The van der Waals surface area contributed by atoms with Crippen LogP contribution in [-0.4, -0.2) is 84.9 Å². The highest BCUT2D eigenvalue weighted by Gasteiger charge is 2.43. The molecule has 17 heteroatoms. The van der Waals surface area contributed by atoms with Crippen LogP contribution in [-0.2, 0) is 20.8 Å².